The van der Waals surface area contributed by atoms with Crippen molar-refractivity contribution in [2.24, 2.45) is 0 Å². The van der Waals surface area contributed by atoms with Gasteiger partial charge in [0.1, 0.15) is 0 Å². The quantitative estimate of drug-likeness (QED) is 0.321. The Bertz CT molecular complexity index is 171. The largest absolute Gasteiger partial charge is 1.00 e. The second-order valence-corrected chi connectivity index (χ2v) is 2.61. The van der Waals surface area contributed by atoms with Gasteiger partial charge in [-0.05, 0) is 6.42 Å². The van der Waals surface area contributed by atoms with Crippen LogP contribution < -0.4 is 74.6 Å². The van der Waals surface area contributed by atoms with E-state index in [2.05, 4.69) is 5.32 Å². The topological polar surface area (TPSA) is 102 Å². The van der Waals surface area contributed by atoms with Gasteiger partial charge in [0.25, 0.3) is 0 Å². The Hall–Kier alpha value is 0.860. The summed E-state index contributed by atoms with van der Waals surface area (Å²) in [4.78, 5) is 19.9. The molecule has 0 fully saturated rings. The van der Waals surface area contributed by atoms with Crippen LogP contribution in [-0.4, -0.2) is 38.2 Å². The van der Waals surface area contributed by atoms with Crippen LogP contribution in [0, 0.1) is 0 Å². The van der Waals surface area contributed by atoms with E-state index < -0.39 is 11.9 Å². The minimum Gasteiger partial charge on any atom is -0.550 e. The second kappa shape index (κ2) is 15.9. The van der Waals surface area contributed by atoms with E-state index in [9.17, 15) is 19.8 Å². The van der Waals surface area contributed by atoms with Crippen molar-refractivity contribution in [2.75, 3.05) is 26.3 Å². The average Bonchev–Trinajstić information content (AvgIpc) is 2.08. The van der Waals surface area contributed by atoms with Gasteiger partial charge in [-0.1, -0.05) is 0 Å². The van der Waals surface area contributed by atoms with Gasteiger partial charge in [-0.15, -0.1) is 0 Å². The normalized spacial score (nSPS) is 8.75. The van der Waals surface area contributed by atoms with Crippen molar-refractivity contribution in [3.63, 3.8) is 0 Å². The predicted molar refractivity (Wildman–Crippen MR) is 42.9 cm³/mol. The number of nitrogens with one attached hydrogen (secondary N) is 1. The number of carbonyl (C=O) groups excluding carboxylic acids is 2. The molecule has 0 saturated heterocycles. The number of hydrogen-bond donors (Lipinski definition) is 1. The molecule has 8 heteroatoms. The van der Waals surface area contributed by atoms with E-state index in [1.807, 2.05) is 0 Å². The van der Waals surface area contributed by atoms with Crippen LogP contribution in [-0.2, 0) is 14.3 Å². The Morgan fingerprint density at radius 3 is 2.00 bits per heavy atom. The van der Waals surface area contributed by atoms with Crippen LogP contribution in [0.25, 0.3) is 0 Å². The van der Waals surface area contributed by atoms with E-state index >= 15 is 0 Å². The summed E-state index contributed by atoms with van der Waals surface area (Å²) in [6.45, 7) is 1.28. The SMILES string of the molecule is O=C([O-])CCNCCOCCC(=O)[O-].[Na+].[Na+]. The van der Waals surface area contributed by atoms with Crippen molar-refractivity contribution in [3.05, 3.63) is 0 Å². The summed E-state index contributed by atoms with van der Waals surface area (Å²) in [7, 11) is 0. The second-order valence-electron chi connectivity index (χ2n) is 2.61. The summed E-state index contributed by atoms with van der Waals surface area (Å²) in [6.07, 6.45) is -0.169. The van der Waals surface area contributed by atoms with E-state index in [1.54, 1.807) is 0 Å². The van der Waals surface area contributed by atoms with E-state index in [4.69, 9.17) is 4.74 Å². The Kier molecular flexibility index (Phi) is 21.9. The molecule has 0 atom stereocenters. The first-order valence-corrected chi connectivity index (χ1v) is 4.31. The van der Waals surface area contributed by atoms with Crippen molar-refractivity contribution in [2.45, 2.75) is 12.8 Å². The molecule has 82 valence electrons. The predicted octanol–water partition coefficient (Wildman–Crippen LogP) is -9.12. The Morgan fingerprint density at radius 1 is 0.938 bits per heavy atom. The molecule has 0 aromatic rings. The minimum absolute atomic E-state index is 0. The van der Waals surface area contributed by atoms with Crippen LogP contribution in [0.3, 0.4) is 0 Å². The molecule has 1 N–H and O–H groups in total. The molecular formula is C8H13NNa2O5. The summed E-state index contributed by atoms with van der Waals surface area (Å²) < 4.78 is 4.91. The first kappa shape index (κ1) is 22.1. The molecule has 0 aromatic heterocycles. The fourth-order valence-electron chi connectivity index (χ4n) is 0.717. The Balaban J connectivity index is -0.000000845. The maximum absolute atomic E-state index is 9.95. The third kappa shape index (κ3) is 20.3. The van der Waals surface area contributed by atoms with Crippen LogP contribution >= 0.6 is 0 Å². The van der Waals surface area contributed by atoms with Gasteiger partial charge < -0.3 is 29.9 Å². The van der Waals surface area contributed by atoms with Gasteiger partial charge >= 0.3 is 59.1 Å². The average molecular weight is 249 g/mol. The van der Waals surface area contributed by atoms with E-state index in [0.717, 1.165) is 0 Å². The zero-order valence-corrected chi connectivity index (χ0v) is 13.8. The Morgan fingerprint density at radius 2 is 1.50 bits per heavy atom. The van der Waals surface area contributed by atoms with Crippen molar-refractivity contribution >= 4 is 11.9 Å². The zero-order chi connectivity index (χ0) is 10.8. The summed E-state index contributed by atoms with van der Waals surface area (Å²) in [5.74, 6) is -2.25. The molecule has 6 nitrogen and oxygen atoms in total. The minimum atomic E-state index is -1.14. The molecule has 0 heterocycles. The van der Waals surface area contributed by atoms with Crippen LogP contribution in [0.1, 0.15) is 12.8 Å². The summed E-state index contributed by atoms with van der Waals surface area (Å²) in [5.41, 5.74) is 0. The van der Waals surface area contributed by atoms with Gasteiger partial charge in [0, 0.05) is 31.4 Å². The van der Waals surface area contributed by atoms with E-state index in [-0.39, 0.29) is 78.6 Å². The monoisotopic (exact) mass is 249 g/mol. The molecule has 0 aromatic carbocycles. The third-order valence-electron chi connectivity index (χ3n) is 1.38. The fourth-order valence-corrected chi connectivity index (χ4v) is 0.717. The maximum atomic E-state index is 9.95. The van der Waals surface area contributed by atoms with Crippen LogP contribution in [0.4, 0.5) is 0 Å². The molecule has 0 spiro atoms. The molecule has 0 bridgehead atoms. The molecule has 0 rings (SSSR count). The summed E-state index contributed by atoms with van der Waals surface area (Å²) >= 11 is 0. The van der Waals surface area contributed by atoms with Crippen molar-refractivity contribution in [1.82, 2.24) is 5.32 Å². The fraction of sp³-hybridized carbons (Fsp3) is 0.750. The Labute approximate surface area is 139 Å². The van der Waals surface area contributed by atoms with Crippen LogP contribution in [0.5, 0.6) is 0 Å². The molecule has 0 unspecified atom stereocenters. The number of carbonyl (C=O) groups is 2. The maximum Gasteiger partial charge on any atom is 1.00 e. The molecule has 0 aliphatic rings. The number of carboxylic acids is 2. The van der Waals surface area contributed by atoms with Crippen molar-refractivity contribution < 1.29 is 83.7 Å². The van der Waals surface area contributed by atoms with Gasteiger partial charge in [-0.2, -0.15) is 0 Å². The molecule has 0 saturated carbocycles. The van der Waals surface area contributed by atoms with Gasteiger partial charge in [0.05, 0.1) is 13.2 Å². The summed E-state index contributed by atoms with van der Waals surface area (Å²) in [6, 6.07) is 0. The van der Waals surface area contributed by atoms with Crippen LogP contribution in [0.2, 0.25) is 0 Å². The molecule has 0 aliphatic carbocycles. The van der Waals surface area contributed by atoms with Crippen LogP contribution in [0.15, 0.2) is 0 Å². The molecule has 0 amide bonds. The van der Waals surface area contributed by atoms with Crippen molar-refractivity contribution in [3.8, 4) is 0 Å². The number of aliphatic carboxylic acids is 2. The van der Waals surface area contributed by atoms with Gasteiger partial charge in [0.15, 0.2) is 0 Å². The number of carboxylic acid groups (broad SMARTS) is 2. The third-order valence-corrected chi connectivity index (χ3v) is 1.38. The van der Waals surface area contributed by atoms with E-state index in [1.165, 1.54) is 0 Å². The molecule has 0 radical (unpaired) electrons. The number of hydrogen-bond acceptors (Lipinski definition) is 6. The standard InChI is InChI=1S/C8H15NO5.2Na/c10-7(11)1-3-9-4-6-14-5-2-8(12)13;;/h9H,1-6H2,(H,10,11)(H,12,13);;/q;2*+1/p-2. The zero-order valence-electron chi connectivity index (χ0n) is 9.78. The number of rotatable bonds is 9. The first-order chi connectivity index (χ1) is 6.63. The van der Waals surface area contributed by atoms with Gasteiger partial charge in [-0.3, -0.25) is 0 Å². The summed E-state index contributed by atoms with van der Waals surface area (Å²) in [5, 5.41) is 22.7. The number of ether oxygens (including phenoxy) is 1. The molecule has 0 aliphatic heterocycles. The van der Waals surface area contributed by atoms with Gasteiger partial charge in [-0.25, -0.2) is 0 Å². The van der Waals surface area contributed by atoms with E-state index in [0.29, 0.717) is 19.7 Å². The molecule has 16 heavy (non-hydrogen) atoms. The smallest absolute Gasteiger partial charge is 0.550 e. The first-order valence-electron chi connectivity index (χ1n) is 4.31. The molecular weight excluding hydrogens is 236 g/mol. The van der Waals surface area contributed by atoms with Crippen molar-refractivity contribution in [1.29, 1.82) is 0 Å². The van der Waals surface area contributed by atoms with Gasteiger partial charge in [0.2, 0.25) is 0 Å².